The molecule has 3 aromatic rings. The highest BCUT2D eigenvalue weighted by molar-refractivity contribution is 5.85. The molecule has 5 nitrogen and oxygen atoms in total. The van der Waals surface area contributed by atoms with Crippen LogP contribution in [0.25, 0.3) is 16.9 Å². The first-order valence-corrected chi connectivity index (χ1v) is 6.69. The molecular weight excluding hydrogens is 264 g/mol. The first-order valence-electron chi connectivity index (χ1n) is 6.69. The Morgan fingerprint density at radius 2 is 1.81 bits per heavy atom. The molecule has 106 valence electrons. The lowest BCUT2D eigenvalue weighted by molar-refractivity contribution is 0.112. The monoisotopic (exact) mass is 280 g/mol. The van der Waals surface area contributed by atoms with E-state index in [1.54, 1.807) is 21.8 Å². The van der Waals surface area contributed by atoms with Crippen molar-refractivity contribution in [2.45, 2.75) is 13.8 Å². The molecule has 0 aliphatic rings. The van der Waals surface area contributed by atoms with Gasteiger partial charge in [-0.25, -0.2) is 4.68 Å². The van der Waals surface area contributed by atoms with Gasteiger partial charge in [-0.3, -0.25) is 9.48 Å². The van der Waals surface area contributed by atoms with Gasteiger partial charge in [0.25, 0.3) is 0 Å². The van der Waals surface area contributed by atoms with Gasteiger partial charge in [-0.2, -0.15) is 10.2 Å². The summed E-state index contributed by atoms with van der Waals surface area (Å²) in [6.45, 7) is 4.09. The molecule has 0 N–H and O–H groups in total. The third-order valence-corrected chi connectivity index (χ3v) is 3.32. The summed E-state index contributed by atoms with van der Waals surface area (Å²) < 4.78 is 3.44. The van der Waals surface area contributed by atoms with Gasteiger partial charge in [0, 0.05) is 25.0 Å². The fourth-order valence-electron chi connectivity index (χ4n) is 2.46. The Balaban J connectivity index is 2.13. The van der Waals surface area contributed by atoms with Crippen molar-refractivity contribution in [3.05, 3.63) is 53.5 Å². The number of carbonyl (C=O) groups excluding carboxylic acids is 1. The van der Waals surface area contributed by atoms with Crippen molar-refractivity contribution in [2.24, 2.45) is 7.05 Å². The molecule has 1 aromatic carbocycles. The minimum atomic E-state index is 0.558. The summed E-state index contributed by atoms with van der Waals surface area (Å²) in [7, 11) is 1.84. The Morgan fingerprint density at radius 1 is 1.10 bits per heavy atom. The highest BCUT2D eigenvalue weighted by atomic mass is 16.1. The third-order valence-electron chi connectivity index (χ3n) is 3.32. The van der Waals surface area contributed by atoms with E-state index < -0.39 is 0 Å². The maximum atomic E-state index is 11.3. The second kappa shape index (κ2) is 5.01. The highest BCUT2D eigenvalue weighted by Crippen LogP contribution is 2.22. The summed E-state index contributed by atoms with van der Waals surface area (Å²) in [6, 6.07) is 6.19. The van der Waals surface area contributed by atoms with E-state index in [1.165, 1.54) is 0 Å². The number of hydrogen-bond donors (Lipinski definition) is 0. The van der Waals surface area contributed by atoms with Gasteiger partial charge in [-0.15, -0.1) is 0 Å². The Morgan fingerprint density at radius 3 is 2.38 bits per heavy atom. The van der Waals surface area contributed by atoms with E-state index in [9.17, 15) is 4.79 Å². The first kappa shape index (κ1) is 13.3. The molecule has 0 saturated carbocycles. The summed E-state index contributed by atoms with van der Waals surface area (Å²) >= 11 is 0. The van der Waals surface area contributed by atoms with Gasteiger partial charge >= 0.3 is 0 Å². The smallest absolute Gasteiger partial charge is 0.153 e. The van der Waals surface area contributed by atoms with Gasteiger partial charge in [0.05, 0.1) is 17.4 Å². The number of aromatic nitrogens is 4. The van der Waals surface area contributed by atoms with E-state index in [0.717, 1.165) is 28.7 Å². The molecule has 5 heteroatoms. The number of benzene rings is 1. The zero-order valence-electron chi connectivity index (χ0n) is 12.2. The van der Waals surface area contributed by atoms with Gasteiger partial charge in [-0.1, -0.05) is 6.07 Å². The third kappa shape index (κ3) is 2.50. The minimum Gasteiger partial charge on any atom is -0.298 e. The number of aryl methyl sites for hydroxylation is 3. The van der Waals surface area contributed by atoms with Gasteiger partial charge in [0.2, 0.25) is 0 Å². The molecule has 0 amide bonds. The standard InChI is InChI=1S/C16H16N4O/c1-11-4-12(2)6-15(5-11)20-9-14(10-21)16(18-20)13-7-17-19(3)8-13/h4-10H,1-3H3. The number of aldehydes is 1. The number of rotatable bonds is 3. The molecule has 3 rings (SSSR count). The quantitative estimate of drug-likeness (QED) is 0.693. The first-order chi connectivity index (χ1) is 10.1. The van der Waals surface area contributed by atoms with E-state index in [1.807, 2.05) is 39.2 Å². The van der Waals surface area contributed by atoms with Crippen LogP contribution in [0.2, 0.25) is 0 Å². The number of hydrogen-bond acceptors (Lipinski definition) is 3. The van der Waals surface area contributed by atoms with E-state index in [-0.39, 0.29) is 0 Å². The predicted octanol–water partition coefficient (Wildman–Crippen LogP) is 2.70. The van der Waals surface area contributed by atoms with Crippen LogP contribution in [0.1, 0.15) is 21.5 Å². The Labute approximate surface area is 122 Å². The molecule has 0 radical (unpaired) electrons. The van der Waals surface area contributed by atoms with Crippen LogP contribution in [-0.2, 0) is 7.05 Å². The minimum absolute atomic E-state index is 0.558. The SMILES string of the molecule is Cc1cc(C)cc(-n2cc(C=O)c(-c3cnn(C)c3)n2)c1. The maximum Gasteiger partial charge on any atom is 0.153 e. The predicted molar refractivity (Wildman–Crippen MR) is 80.6 cm³/mol. The number of nitrogens with zero attached hydrogens (tertiary/aromatic N) is 4. The normalized spacial score (nSPS) is 10.8. The summed E-state index contributed by atoms with van der Waals surface area (Å²) in [5.74, 6) is 0. The Bertz CT molecular complexity index is 793. The lowest BCUT2D eigenvalue weighted by Gasteiger charge is -2.04. The molecule has 0 fully saturated rings. The Kier molecular flexibility index (Phi) is 3.17. The van der Waals surface area contributed by atoms with Crippen molar-refractivity contribution in [1.29, 1.82) is 0 Å². The van der Waals surface area contributed by atoms with Crippen LogP contribution in [-0.4, -0.2) is 25.8 Å². The summed E-state index contributed by atoms with van der Waals surface area (Å²) in [4.78, 5) is 11.3. The average Bonchev–Trinajstić information content (AvgIpc) is 3.03. The van der Waals surface area contributed by atoms with Gasteiger partial charge < -0.3 is 0 Å². The van der Waals surface area contributed by atoms with Gasteiger partial charge in [0.15, 0.2) is 6.29 Å². The molecule has 0 aliphatic carbocycles. The molecule has 0 aliphatic heterocycles. The van der Waals surface area contributed by atoms with Crippen molar-refractivity contribution in [2.75, 3.05) is 0 Å². The van der Waals surface area contributed by atoms with Crippen molar-refractivity contribution in [1.82, 2.24) is 19.6 Å². The summed E-state index contributed by atoms with van der Waals surface area (Å²) in [5.41, 5.74) is 5.32. The van der Waals surface area contributed by atoms with Crippen LogP contribution in [0.4, 0.5) is 0 Å². The topological polar surface area (TPSA) is 52.7 Å². The van der Waals surface area contributed by atoms with E-state index >= 15 is 0 Å². The maximum absolute atomic E-state index is 11.3. The molecule has 21 heavy (non-hydrogen) atoms. The summed E-state index contributed by atoms with van der Waals surface area (Å²) in [5, 5.41) is 8.68. The molecule has 0 atom stereocenters. The number of carbonyl (C=O) groups is 1. The van der Waals surface area contributed by atoms with Gasteiger partial charge in [-0.05, 0) is 37.1 Å². The summed E-state index contributed by atoms with van der Waals surface area (Å²) in [6.07, 6.45) is 6.14. The van der Waals surface area contributed by atoms with Crippen LogP contribution < -0.4 is 0 Å². The van der Waals surface area contributed by atoms with E-state index in [0.29, 0.717) is 11.3 Å². The van der Waals surface area contributed by atoms with E-state index in [4.69, 9.17) is 0 Å². The lowest BCUT2D eigenvalue weighted by Crippen LogP contribution is -1.96. The molecule has 2 aromatic heterocycles. The zero-order valence-corrected chi connectivity index (χ0v) is 12.2. The lowest BCUT2D eigenvalue weighted by atomic mass is 10.1. The largest absolute Gasteiger partial charge is 0.298 e. The van der Waals surface area contributed by atoms with Crippen molar-refractivity contribution in [3.63, 3.8) is 0 Å². The Hall–Kier alpha value is -2.69. The van der Waals surface area contributed by atoms with Gasteiger partial charge in [0.1, 0.15) is 5.69 Å². The van der Waals surface area contributed by atoms with Crippen molar-refractivity contribution >= 4 is 6.29 Å². The zero-order chi connectivity index (χ0) is 15.0. The average molecular weight is 280 g/mol. The second-order valence-electron chi connectivity index (χ2n) is 5.24. The van der Waals surface area contributed by atoms with Crippen LogP contribution >= 0.6 is 0 Å². The molecule has 0 saturated heterocycles. The highest BCUT2D eigenvalue weighted by Gasteiger charge is 2.13. The molecular formula is C16H16N4O. The van der Waals surface area contributed by atoms with Crippen LogP contribution in [0.3, 0.4) is 0 Å². The van der Waals surface area contributed by atoms with Crippen molar-refractivity contribution < 1.29 is 4.79 Å². The fraction of sp³-hybridized carbons (Fsp3) is 0.188. The molecule has 2 heterocycles. The second-order valence-corrected chi connectivity index (χ2v) is 5.24. The molecule has 0 bridgehead atoms. The fourth-order valence-corrected chi connectivity index (χ4v) is 2.46. The molecule has 0 spiro atoms. The van der Waals surface area contributed by atoms with Crippen LogP contribution in [0, 0.1) is 13.8 Å². The van der Waals surface area contributed by atoms with Crippen LogP contribution in [0.5, 0.6) is 0 Å². The van der Waals surface area contributed by atoms with Crippen molar-refractivity contribution in [3.8, 4) is 16.9 Å². The molecule has 0 unspecified atom stereocenters. The van der Waals surface area contributed by atoms with E-state index in [2.05, 4.69) is 16.3 Å². The van der Waals surface area contributed by atoms with Crippen LogP contribution in [0.15, 0.2) is 36.8 Å².